The Morgan fingerprint density at radius 2 is 1.80 bits per heavy atom. The lowest BCUT2D eigenvalue weighted by Gasteiger charge is -2.31. The molecule has 0 aliphatic carbocycles. The van der Waals surface area contributed by atoms with E-state index in [0.717, 1.165) is 49.1 Å². The van der Waals surface area contributed by atoms with Crippen LogP contribution >= 0.6 is 0 Å². The number of carbonyl (C=O) groups excluding carboxylic acids is 2. The van der Waals surface area contributed by atoms with Crippen molar-refractivity contribution in [3.63, 3.8) is 0 Å². The minimum absolute atomic E-state index is 0.0511. The maximum atomic E-state index is 13.1. The lowest BCUT2D eigenvalue weighted by molar-refractivity contribution is 0.0206. The predicted molar refractivity (Wildman–Crippen MR) is 168 cm³/mol. The number of aromatic nitrogens is 2. The molecule has 3 heterocycles. The Kier molecular flexibility index (Phi) is 10.2. The zero-order valence-corrected chi connectivity index (χ0v) is 25.0. The second kappa shape index (κ2) is 14.4. The first-order chi connectivity index (χ1) is 21.4. The van der Waals surface area contributed by atoms with E-state index in [-0.39, 0.29) is 25.1 Å². The van der Waals surface area contributed by atoms with Crippen LogP contribution in [0.15, 0.2) is 73.1 Å². The van der Waals surface area contributed by atoms with Crippen LogP contribution in [-0.2, 0) is 4.74 Å². The molecule has 0 atom stereocenters. The third kappa shape index (κ3) is 7.40. The van der Waals surface area contributed by atoms with E-state index in [1.807, 2.05) is 53.4 Å². The highest BCUT2D eigenvalue weighted by atomic mass is 19.3. The van der Waals surface area contributed by atoms with Gasteiger partial charge in [-0.05, 0) is 86.4 Å². The quantitative estimate of drug-likeness (QED) is 0.201. The number of nitrogens with one attached hydrogen (secondary N) is 2. The topological polar surface area (TPSA) is 91.7 Å². The van der Waals surface area contributed by atoms with Crippen LogP contribution in [0.3, 0.4) is 0 Å². The summed E-state index contributed by atoms with van der Waals surface area (Å²) in [5.74, 6) is 0.588. The molecule has 0 unspecified atom stereocenters. The first-order valence-corrected chi connectivity index (χ1v) is 14.9. The van der Waals surface area contributed by atoms with E-state index in [1.165, 1.54) is 10.1 Å². The Bertz CT molecular complexity index is 1570. The number of hydrogen-bond acceptors (Lipinski definition) is 6. The average molecular weight is 605 g/mol. The van der Waals surface area contributed by atoms with Crippen LogP contribution in [0.2, 0.25) is 0 Å². The zero-order valence-electron chi connectivity index (χ0n) is 25.0. The summed E-state index contributed by atoms with van der Waals surface area (Å²) in [5.41, 5.74) is 3.97. The molecule has 2 aromatic heterocycles. The van der Waals surface area contributed by atoms with E-state index in [4.69, 9.17) is 4.74 Å². The molecule has 0 saturated carbocycles. The van der Waals surface area contributed by atoms with Gasteiger partial charge in [0.05, 0.1) is 12.1 Å². The van der Waals surface area contributed by atoms with Gasteiger partial charge >= 0.3 is 6.03 Å². The summed E-state index contributed by atoms with van der Waals surface area (Å²) in [6.45, 7) is 5.12. The van der Waals surface area contributed by atoms with Crippen molar-refractivity contribution in [1.82, 2.24) is 19.8 Å². The monoisotopic (exact) mass is 604 g/mol. The summed E-state index contributed by atoms with van der Waals surface area (Å²) in [5, 5.41) is 6.33. The van der Waals surface area contributed by atoms with Crippen LogP contribution in [0.5, 0.6) is 0 Å². The van der Waals surface area contributed by atoms with Gasteiger partial charge < -0.3 is 25.2 Å². The van der Waals surface area contributed by atoms with Crippen molar-refractivity contribution >= 4 is 40.0 Å². The van der Waals surface area contributed by atoms with Crippen LogP contribution in [0.4, 0.5) is 30.8 Å². The van der Waals surface area contributed by atoms with E-state index >= 15 is 0 Å². The molecule has 2 aromatic carbocycles. The number of fused-ring (bicyclic) bond motifs is 1. The summed E-state index contributed by atoms with van der Waals surface area (Å²) in [7, 11) is 1.57. The highest BCUT2D eigenvalue weighted by Gasteiger charge is 2.20. The lowest BCUT2D eigenvalue weighted by Crippen LogP contribution is -2.32. The molecule has 9 nitrogen and oxygen atoms in total. The number of carbonyl (C=O) groups is 2. The number of pyridine rings is 1. The summed E-state index contributed by atoms with van der Waals surface area (Å²) < 4.78 is 32.1. The second-order valence-corrected chi connectivity index (χ2v) is 10.8. The van der Waals surface area contributed by atoms with Crippen LogP contribution in [0, 0.1) is 0 Å². The van der Waals surface area contributed by atoms with E-state index in [9.17, 15) is 18.4 Å². The van der Waals surface area contributed by atoms with Crippen LogP contribution in [0.25, 0.3) is 10.9 Å². The molecule has 2 N–H and O–H groups in total. The SMILES string of the molecule is CCN1CCC(c2ccc(C(=O)Nc3cc(N(CCOCC(F)F)c4ccc5c(ccn5C(=O)NC)c4)ccn3)cc2)CC1. The third-order valence-corrected chi connectivity index (χ3v) is 8.10. The largest absolute Gasteiger partial charge is 0.374 e. The van der Waals surface area contributed by atoms with Gasteiger partial charge in [0.2, 0.25) is 0 Å². The highest BCUT2D eigenvalue weighted by Crippen LogP contribution is 2.31. The van der Waals surface area contributed by atoms with Crippen molar-refractivity contribution in [2.24, 2.45) is 0 Å². The Labute approximate surface area is 255 Å². The number of alkyl halides is 2. The van der Waals surface area contributed by atoms with E-state index < -0.39 is 13.0 Å². The van der Waals surface area contributed by atoms with Crippen LogP contribution in [0.1, 0.15) is 41.6 Å². The van der Waals surface area contributed by atoms with E-state index in [2.05, 4.69) is 27.4 Å². The number of benzene rings is 2. The average Bonchev–Trinajstić information content (AvgIpc) is 3.48. The fraction of sp³-hybridized carbons (Fsp3) is 0.364. The van der Waals surface area contributed by atoms with Crippen molar-refractivity contribution in [2.45, 2.75) is 32.1 Å². The molecule has 0 bridgehead atoms. The molecule has 44 heavy (non-hydrogen) atoms. The molecule has 5 rings (SSSR count). The Balaban J connectivity index is 1.32. The number of hydrogen-bond donors (Lipinski definition) is 2. The Morgan fingerprint density at radius 3 is 2.50 bits per heavy atom. The van der Waals surface area contributed by atoms with Crippen molar-refractivity contribution in [3.8, 4) is 0 Å². The molecule has 1 aliphatic rings. The number of piperidine rings is 1. The smallest absolute Gasteiger partial charge is 0.325 e. The fourth-order valence-corrected chi connectivity index (χ4v) is 5.66. The first kappa shape index (κ1) is 31.1. The fourth-order valence-electron chi connectivity index (χ4n) is 5.66. The molecule has 1 fully saturated rings. The standard InChI is InChI=1S/C33H38F2N6O3/c1-3-39-15-11-24(12-16-39)23-4-6-25(7-5-23)32(42)38-31-21-28(10-14-37-31)40(18-19-44-22-30(34)35)27-8-9-29-26(20-27)13-17-41(29)33(43)36-2/h4-10,13-14,17,20-21,24,30H,3,11-12,15-16,18-19,22H2,1-2H3,(H,36,43)(H,37,38,42). The van der Waals surface area contributed by atoms with Crippen molar-refractivity contribution in [2.75, 3.05) is 56.7 Å². The van der Waals surface area contributed by atoms with Crippen molar-refractivity contribution < 1.29 is 23.1 Å². The molecule has 4 aromatic rings. The van der Waals surface area contributed by atoms with Gasteiger partial charge in [-0.2, -0.15) is 0 Å². The van der Waals surface area contributed by atoms with Gasteiger partial charge in [-0.25, -0.2) is 18.6 Å². The van der Waals surface area contributed by atoms with Crippen LogP contribution in [-0.4, -0.2) is 79.3 Å². The van der Waals surface area contributed by atoms with Crippen LogP contribution < -0.4 is 15.5 Å². The highest BCUT2D eigenvalue weighted by molar-refractivity contribution is 6.04. The van der Waals surface area contributed by atoms with Gasteiger partial charge in [0.1, 0.15) is 12.4 Å². The second-order valence-electron chi connectivity index (χ2n) is 10.8. The van der Waals surface area contributed by atoms with Gasteiger partial charge in [-0.3, -0.25) is 9.36 Å². The molecule has 1 aliphatic heterocycles. The lowest BCUT2D eigenvalue weighted by atomic mass is 9.89. The number of nitrogens with zero attached hydrogens (tertiary/aromatic N) is 4. The van der Waals surface area contributed by atoms with Gasteiger partial charge in [0.15, 0.2) is 0 Å². The summed E-state index contributed by atoms with van der Waals surface area (Å²) in [4.78, 5) is 34.1. The third-order valence-electron chi connectivity index (χ3n) is 8.10. The predicted octanol–water partition coefficient (Wildman–Crippen LogP) is 6.10. The molecule has 2 amide bonds. The van der Waals surface area contributed by atoms with Crippen molar-refractivity contribution in [1.29, 1.82) is 0 Å². The molecule has 0 spiro atoms. The molecular weight excluding hydrogens is 566 g/mol. The van der Waals surface area contributed by atoms with Crippen molar-refractivity contribution in [3.05, 3.63) is 84.2 Å². The van der Waals surface area contributed by atoms with E-state index in [1.54, 1.807) is 31.6 Å². The Hall–Kier alpha value is -4.35. The number of halogens is 2. The van der Waals surface area contributed by atoms with Gasteiger partial charge in [-0.1, -0.05) is 19.1 Å². The molecule has 1 saturated heterocycles. The van der Waals surface area contributed by atoms with Gasteiger partial charge in [0, 0.05) is 54.4 Å². The number of ether oxygens (including phenoxy) is 1. The molecule has 232 valence electrons. The summed E-state index contributed by atoms with van der Waals surface area (Å²) >= 11 is 0. The van der Waals surface area contributed by atoms with Gasteiger partial charge in [-0.15, -0.1) is 0 Å². The summed E-state index contributed by atoms with van der Waals surface area (Å²) in [6, 6.07) is 18.5. The molecule has 0 radical (unpaired) electrons. The van der Waals surface area contributed by atoms with E-state index in [0.29, 0.717) is 23.0 Å². The zero-order chi connectivity index (χ0) is 31.1. The maximum Gasteiger partial charge on any atom is 0.325 e. The Morgan fingerprint density at radius 1 is 1.05 bits per heavy atom. The molecular formula is C33H38F2N6O3. The minimum Gasteiger partial charge on any atom is -0.374 e. The molecule has 11 heteroatoms. The maximum absolute atomic E-state index is 13.1. The summed E-state index contributed by atoms with van der Waals surface area (Å²) in [6.07, 6.45) is 2.95. The normalized spacial score (nSPS) is 14.2. The first-order valence-electron chi connectivity index (χ1n) is 14.9. The number of likely N-dealkylation sites (tertiary alicyclic amines) is 1. The number of amides is 2. The van der Waals surface area contributed by atoms with Gasteiger partial charge in [0.25, 0.3) is 12.3 Å². The minimum atomic E-state index is -2.56. The number of rotatable bonds is 11. The number of anilines is 3.